The summed E-state index contributed by atoms with van der Waals surface area (Å²) in [6.07, 6.45) is 3.48. The highest BCUT2D eigenvalue weighted by atomic mass is 79.9. The van der Waals surface area contributed by atoms with Gasteiger partial charge in [-0.1, -0.05) is 45.7 Å². The summed E-state index contributed by atoms with van der Waals surface area (Å²) < 4.78 is 1.95. The van der Waals surface area contributed by atoms with Gasteiger partial charge in [0.1, 0.15) is 12.2 Å². The number of hydrogen-bond acceptors (Lipinski definition) is 2. The van der Waals surface area contributed by atoms with Gasteiger partial charge in [0.15, 0.2) is 0 Å². The molecule has 0 aliphatic heterocycles. The van der Waals surface area contributed by atoms with Gasteiger partial charge < -0.3 is 0 Å². The Kier molecular flexibility index (Phi) is 5.40. The van der Waals surface area contributed by atoms with Gasteiger partial charge >= 0.3 is 0 Å². The Morgan fingerprint density at radius 3 is 2.79 bits per heavy atom. The monoisotopic (exact) mass is 341 g/mol. The van der Waals surface area contributed by atoms with E-state index in [4.69, 9.17) is 11.6 Å². The molecule has 0 aliphatic carbocycles. The summed E-state index contributed by atoms with van der Waals surface area (Å²) in [5.74, 6) is 1.51. The second-order valence-electron chi connectivity index (χ2n) is 4.51. The van der Waals surface area contributed by atoms with Gasteiger partial charge in [0.2, 0.25) is 0 Å². The average molecular weight is 343 g/mol. The number of rotatable bonds is 6. The van der Waals surface area contributed by atoms with Crippen LogP contribution in [-0.4, -0.2) is 20.1 Å². The number of halogens is 2. The van der Waals surface area contributed by atoms with Crippen molar-refractivity contribution in [3.05, 3.63) is 47.0 Å². The number of hydrogen-bond donors (Lipinski definition) is 0. The van der Waals surface area contributed by atoms with Crippen LogP contribution in [0.3, 0.4) is 0 Å². The van der Waals surface area contributed by atoms with E-state index in [1.54, 1.807) is 6.33 Å². The maximum absolute atomic E-state index is 6.22. The Balaban J connectivity index is 2.07. The largest absolute Gasteiger partial charge is 0.250 e. The molecule has 0 saturated heterocycles. The maximum Gasteiger partial charge on any atom is 0.138 e. The lowest BCUT2D eigenvalue weighted by molar-refractivity contribution is 0.528. The fourth-order valence-electron chi connectivity index (χ4n) is 2.12. The summed E-state index contributed by atoms with van der Waals surface area (Å²) in [6.45, 7) is 2.94. The summed E-state index contributed by atoms with van der Waals surface area (Å²) >= 11 is 9.81. The summed E-state index contributed by atoms with van der Waals surface area (Å²) in [4.78, 5) is 4.34. The average Bonchev–Trinajstić information content (AvgIpc) is 2.87. The van der Waals surface area contributed by atoms with E-state index in [2.05, 4.69) is 39.0 Å². The predicted molar refractivity (Wildman–Crippen MR) is 81.8 cm³/mol. The Morgan fingerprint density at radius 1 is 1.32 bits per heavy atom. The second kappa shape index (κ2) is 7.06. The van der Waals surface area contributed by atoms with Crippen LogP contribution in [0.15, 0.2) is 30.6 Å². The van der Waals surface area contributed by atoms with E-state index >= 15 is 0 Å². The molecule has 0 saturated carbocycles. The lowest BCUT2D eigenvalue weighted by Crippen LogP contribution is -2.14. The fraction of sp³-hybridized carbons (Fsp3) is 0.429. The van der Waals surface area contributed by atoms with Crippen molar-refractivity contribution in [2.75, 3.05) is 5.33 Å². The SMILES string of the molecule is CCn1ncnc1CC(CBr)Cc1ccccc1Cl. The van der Waals surface area contributed by atoms with E-state index in [1.807, 2.05) is 22.9 Å². The minimum Gasteiger partial charge on any atom is -0.250 e. The highest BCUT2D eigenvalue weighted by Crippen LogP contribution is 2.21. The third-order valence-corrected chi connectivity index (χ3v) is 4.44. The van der Waals surface area contributed by atoms with E-state index < -0.39 is 0 Å². The van der Waals surface area contributed by atoms with Crippen LogP contribution >= 0.6 is 27.5 Å². The third kappa shape index (κ3) is 3.80. The molecule has 0 spiro atoms. The molecule has 2 aromatic rings. The first kappa shape index (κ1) is 14.5. The predicted octanol–water partition coefficient (Wildman–Crippen LogP) is 3.75. The van der Waals surface area contributed by atoms with Crippen LogP contribution in [0.2, 0.25) is 5.02 Å². The van der Waals surface area contributed by atoms with Gasteiger partial charge in [-0.15, -0.1) is 0 Å². The van der Waals surface area contributed by atoms with Gasteiger partial charge in [-0.25, -0.2) is 4.98 Å². The van der Waals surface area contributed by atoms with Crippen molar-refractivity contribution >= 4 is 27.5 Å². The molecule has 1 unspecified atom stereocenters. The second-order valence-corrected chi connectivity index (χ2v) is 5.57. The summed E-state index contributed by atoms with van der Waals surface area (Å²) in [6, 6.07) is 8.02. The zero-order chi connectivity index (χ0) is 13.7. The minimum atomic E-state index is 0.467. The highest BCUT2D eigenvalue weighted by Gasteiger charge is 2.14. The van der Waals surface area contributed by atoms with Crippen molar-refractivity contribution in [2.24, 2.45) is 5.92 Å². The molecule has 5 heteroatoms. The molecular formula is C14H17BrClN3. The van der Waals surface area contributed by atoms with Gasteiger partial charge in [-0.3, -0.25) is 4.68 Å². The Hall–Kier alpha value is -0.870. The molecule has 0 fully saturated rings. The molecule has 1 aromatic heterocycles. The van der Waals surface area contributed by atoms with Crippen LogP contribution in [0.5, 0.6) is 0 Å². The van der Waals surface area contributed by atoms with Gasteiger partial charge in [0.05, 0.1) is 0 Å². The van der Waals surface area contributed by atoms with Gasteiger partial charge in [-0.05, 0) is 30.9 Å². The smallest absolute Gasteiger partial charge is 0.138 e. The van der Waals surface area contributed by atoms with Crippen molar-refractivity contribution < 1.29 is 0 Å². The number of aryl methyl sites for hydroxylation is 1. The van der Waals surface area contributed by atoms with Crippen LogP contribution in [0, 0.1) is 5.92 Å². The van der Waals surface area contributed by atoms with E-state index in [1.165, 1.54) is 5.56 Å². The zero-order valence-electron chi connectivity index (χ0n) is 10.9. The minimum absolute atomic E-state index is 0.467. The maximum atomic E-state index is 6.22. The van der Waals surface area contributed by atoms with Gasteiger partial charge in [0, 0.05) is 23.3 Å². The normalized spacial score (nSPS) is 12.6. The van der Waals surface area contributed by atoms with Gasteiger partial charge in [-0.2, -0.15) is 5.10 Å². The Labute approximate surface area is 127 Å². The zero-order valence-corrected chi connectivity index (χ0v) is 13.2. The van der Waals surface area contributed by atoms with E-state index in [9.17, 15) is 0 Å². The third-order valence-electron chi connectivity index (χ3n) is 3.15. The first-order valence-corrected chi connectivity index (χ1v) is 7.90. The topological polar surface area (TPSA) is 30.7 Å². The van der Waals surface area contributed by atoms with Crippen LogP contribution in [0.4, 0.5) is 0 Å². The highest BCUT2D eigenvalue weighted by molar-refractivity contribution is 9.09. The van der Waals surface area contributed by atoms with Gasteiger partial charge in [0.25, 0.3) is 0 Å². The first-order chi connectivity index (χ1) is 9.24. The van der Waals surface area contributed by atoms with Crippen molar-refractivity contribution in [1.82, 2.24) is 14.8 Å². The quantitative estimate of drug-likeness (QED) is 0.749. The van der Waals surface area contributed by atoms with Crippen molar-refractivity contribution in [3.8, 4) is 0 Å². The Bertz CT molecular complexity index is 527. The number of aromatic nitrogens is 3. The lowest BCUT2D eigenvalue weighted by atomic mass is 9.97. The van der Waals surface area contributed by atoms with Crippen molar-refractivity contribution in [2.45, 2.75) is 26.3 Å². The molecule has 2 rings (SSSR count). The van der Waals surface area contributed by atoms with Crippen LogP contribution in [0.25, 0.3) is 0 Å². The standard InChI is InChI=1S/C14H17BrClN3/c1-2-19-14(17-10-18-19)8-11(9-15)7-12-5-3-4-6-13(12)16/h3-6,10-11H,2,7-9H2,1H3. The molecule has 0 aliphatic rings. The molecule has 1 heterocycles. The molecule has 0 N–H and O–H groups in total. The summed E-state index contributed by atoms with van der Waals surface area (Å²) in [5.41, 5.74) is 1.19. The molecule has 102 valence electrons. The number of nitrogens with zero attached hydrogens (tertiary/aromatic N) is 3. The fourth-order valence-corrected chi connectivity index (χ4v) is 2.80. The van der Waals surface area contributed by atoms with E-state index in [0.29, 0.717) is 5.92 Å². The summed E-state index contributed by atoms with van der Waals surface area (Å²) in [7, 11) is 0. The summed E-state index contributed by atoms with van der Waals surface area (Å²) in [5, 5.41) is 5.97. The molecule has 1 atom stereocenters. The van der Waals surface area contributed by atoms with Crippen molar-refractivity contribution in [3.63, 3.8) is 0 Å². The van der Waals surface area contributed by atoms with E-state index in [-0.39, 0.29) is 0 Å². The molecule has 0 amide bonds. The van der Waals surface area contributed by atoms with Crippen LogP contribution in [-0.2, 0) is 19.4 Å². The molecule has 19 heavy (non-hydrogen) atoms. The molecule has 0 radical (unpaired) electrons. The van der Waals surface area contributed by atoms with Crippen LogP contribution < -0.4 is 0 Å². The first-order valence-electron chi connectivity index (χ1n) is 6.40. The molecular weight excluding hydrogens is 326 g/mol. The van der Waals surface area contributed by atoms with E-state index in [0.717, 1.165) is 35.6 Å². The molecule has 0 bridgehead atoms. The molecule has 3 nitrogen and oxygen atoms in total. The van der Waals surface area contributed by atoms with Crippen molar-refractivity contribution in [1.29, 1.82) is 0 Å². The number of benzene rings is 1. The number of alkyl halides is 1. The Morgan fingerprint density at radius 2 is 2.11 bits per heavy atom. The van der Waals surface area contributed by atoms with Crippen LogP contribution in [0.1, 0.15) is 18.3 Å². The lowest BCUT2D eigenvalue weighted by Gasteiger charge is -2.14. The molecule has 1 aromatic carbocycles.